The number of ether oxygens (including phenoxy) is 3. The maximum Gasteiger partial charge on any atom is 0.344 e. The lowest BCUT2D eigenvalue weighted by atomic mass is 10.2. The highest BCUT2D eigenvalue weighted by Gasteiger charge is 2.15. The number of anilines is 1. The molecular weight excluding hydrogens is 360 g/mol. The molecule has 2 aromatic carbocycles. The van der Waals surface area contributed by atoms with E-state index in [-0.39, 0.29) is 0 Å². The van der Waals surface area contributed by atoms with Gasteiger partial charge in [0, 0.05) is 25.0 Å². The zero-order valence-electron chi connectivity index (χ0n) is 16.0. The molecule has 0 radical (unpaired) electrons. The van der Waals surface area contributed by atoms with E-state index in [1.165, 1.54) is 14.0 Å². The first-order chi connectivity index (χ1) is 13.6. The smallest absolute Gasteiger partial charge is 0.344 e. The summed E-state index contributed by atoms with van der Waals surface area (Å²) in [6.07, 6.45) is 0.773. The van der Waals surface area contributed by atoms with E-state index in [1.54, 1.807) is 24.4 Å². The van der Waals surface area contributed by atoms with Gasteiger partial charge in [-0.25, -0.2) is 4.79 Å². The SMILES string of the molecule is COc1cc(C=Nc2ccc(N3CCOCC3)cc2)ccc1O[C@@H](C)C(=O)O. The lowest BCUT2D eigenvalue weighted by molar-refractivity contribution is -0.144. The van der Waals surface area contributed by atoms with E-state index in [4.69, 9.17) is 19.3 Å². The second-order valence-electron chi connectivity index (χ2n) is 6.38. The van der Waals surface area contributed by atoms with Crippen LogP contribution in [-0.2, 0) is 9.53 Å². The van der Waals surface area contributed by atoms with Gasteiger partial charge in [-0.1, -0.05) is 0 Å². The quantitative estimate of drug-likeness (QED) is 0.739. The minimum atomic E-state index is -1.03. The van der Waals surface area contributed by atoms with Crippen LogP contribution in [0.3, 0.4) is 0 Å². The number of methoxy groups -OCH3 is 1. The van der Waals surface area contributed by atoms with Gasteiger partial charge in [0.25, 0.3) is 0 Å². The topological polar surface area (TPSA) is 80.6 Å². The maximum absolute atomic E-state index is 11.0. The van der Waals surface area contributed by atoms with Gasteiger partial charge in [0.05, 0.1) is 26.0 Å². The number of aliphatic carboxylic acids is 1. The first-order valence-electron chi connectivity index (χ1n) is 9.11. The van der Waals surface area contributed by atoms with Crippen molar-refractivity contribution in [2.45, 2.75) is 13.0 Å². The number of carbonyl (C=O) groups is 1. The summed E-state index contributed by atoms with van der Waals surface area (Å²) in [5, 5.41) is 8.98. The fourth-order valence-corrected chi connectivity index (χ4v) is 2.82. The average molecular weight is 384 g/mol. The molecule has 1 aliphatic heterocycles. The molecule has 2 aromatic rings. The van der Waals surface area contributed by atoms with E-state index >= 15 is 0 Å². The molecule has 0 aliphatic carbocycles. The van der Waals surface area contributed by atoms with Crippen LogP contribution < -0.4 is 14.4 Å². The fraction of sp³-hybridized carbons (Fsp3) is 0.333. The zero-order chi connectivity index (χ0) is 19.9. The first-order valence-corrected chi connectivity index (χ1v) is 9.11. The monoisotopic (exact) mass is 384 g/mol. The minimum Gasteiger partial charge on any atom is -0.493 e. The largest absolute Gasteiger partial charge is 0.493 e. The normalized spacial score (nSPS) is 15.4. The molecule has 7 nitrogen and oxygen atoms in total. The van der Waals surface area contributed by atoms with Gasteiger partial charge >= 0.3 is 5.97 Å². The summed E-state index contributed by atoms with van der Waals surface area (Å²) in [4.78, 5) is 17.7. The number of carboxylic acids is 1. The van der Waals surface area contributed by atoms with Crippen LogP contribution in [0.5, 0.6) is 11.5 Å². The summed E-state index contributed by atoms with van der Waals surface area (Å²) in [7, 11) is 1.51. The molecule has 28 heavy (non-hydrogen) atoms. The predicted octanol–water partition coefficient (Wildman–Crippen LogP) is 3.13. The Kier molecular flexibility index (Phi) is 6.49. The number of morpholine rings is 1. The van der Waals surface area contributed by atoms with Crippen molar-refractivity contribution in [3.63, 3.8) is 0 Å². The number of rotatable bonds is 7. The molecule has 1 heterocycles. The van der Waals surface area contributed by atoms with Gasteiger partial charge < -0.3 is 24.2 Å². The number of carboxylic acid groups (broad SMARTS) is 1. The van der Waals surface area contributed by atoms with Crippen molar-refractivity contribution in [3.8, 4) is 11.5 Å². The highest BCUT2D eigenvalue weighted by Crippen LogP contribution is 2.29. The molecule has 0 amide bonds. The predicted molar refractivity (Wildman–Crippen MR) is 107 cm³/mol. The van der Waals surface area contributed by atoms with Crippen molar-refractivity contribution in [2.24, 2.45) is 4.99 Å². The molecule has 1 saturated heterocycles. The lowest BCUT2D eigenvalue weighted by Crippen LogP contribution is -2.36. The number of nitrogens with zero attached hydrogens (tertiary/aromatic N) is 2. The Morgan fingerprint density at radius 1 is 1.18 bits per heavy atom. The third-order valence-electron chi connectivity index (χ3n) is 4.43. The molecule has 0 unspecified atom stereocenters. The number of hydrogen-bond donors (Lipinski definition) is 1. The molecule has 0 bridgehead atoms. The van der Waals surface area contributed by atoms with Crippen LogP contribution in [0, 0.1) is 0 Å². The highest BCUT2D eigenvalue weighted by molar-refractivity contribution is 5.83. The standard InChI is InChI=1S/C21H24N2O5/c1-15(21(24)25)28-19-8-3-16(13-20(19)26-2)14-22-17-4-6-18(7-5-17)23-9-11-27-12-10-23/h3-8,13-15H,9-12H2,1-2H3,(H,24,25)/t15-/m0/s1. The van der Waals surface area contributed by atoms with E-state index in [1.807, 2.05) is 12.1 Å². The fourth-order valence-electron chi connectivity index (χ4n) is 2.82. The molecular formula is C21H24N2O5. The Bertz CT molecular complexity index is 829. The van der Waals surface area contributed by atoms with E-state index in [0.29, 0.717) is 11.5 Å². The lowest BCUT2D eigenvalue weighted by Gasteiger charge is -2.28. The van der Waals surface area contributed by atoms with Crippen LogP contribution in [0.15, 0.2) is 47.5 Å². The molecule has 0 aromatic heterocycles. The van der Waals surface area contributed by atoms with Gasteiger partial charge in [0.2, 0.25) is 0 Å². The maximum atomic E-state index is 11.0. The van der Waals surface area contributed by atoms with Gasteiger partial charge in [0.1, 0.15) is 0 Å². The van der Waals surface area contributed by atoms with Crippen LogP contribution in [0.2, 0.25) is 0 Å². The summed E-state index contributed by atoms with van der Waals surface area (Å²) in [6, 6.07) is 13.3. The molecule has 0 saturated carbocycles. The second-order valence-corrected chi connectivity index (χ2v) is 6.38. The van der Waals surface area contributed by atoms with Crippen LogP contribution >= 0.6 is 0 Å². The zero-order valence-corrected chi connectivity index (χ0v) is 16.0. The number of hydrogen-bond acceptors (Lipinski definition) is 6. The third kappa shape index (κ3) is 5.01. The van der Waals surface area contributed by atoms with E-state index in [2.05, 4.69) is 22.0 Å². The van der Waals surface area contributed by atoms with Crippen molar-refractivity contribution in [2.75, 3.05) is 38.3 Å². The van der Waals surface area contributed by atoms with E-state index < -0.39 is 12.1 Å². The summed E-state index contributed by atoms with van der Waals surface area (Å²) >= 11 is 0. The average Bonchev–Trinajstić information content (AvgIpc) is 2.73. The Hall–Kier alpha value is -3.06. The van der Waals surface area contributed by atoms with Gasteiger partial charge in [-0.2, -0.15) is 0 Å². The van der Waals surface area contributed by atoms with Crippen molar-refractivity contribution in [1.82, 2.24) is 0 Å². The molecule has 1 aliphatic rings. The van der Waals surface area contributed by atoms with Crippen molar-refractivity contribution < 1.29 is 24.1 Å². The summed E-state index contributed by atoms with van der Waals surface area (Å²) in [5.41, 5.74) is 2.83. The Morgan fingerprint density at radius 2 is 1.89 bits per heavy atom. The Labute approximate surface area is 164 Å². The Balaban J connectivity index is 1.68. The molecule has 1 atom stereocenters. The summed E-state index contributed by atoms with van der Waals surface area (Å²) < 4.78 is 16.1. The molecule has 148 valence electrons. The van der Waals surface area contributed by atoms with Gasteiger partial charge in [0.15, 0.2) is 17.6 Å². The van der Waals surface area contributed by atoms with Gasteiger partial charge in [-0.05, 0) is 55.0 Å². The van der Waals surface area contributed by atoms with Crippen LogP contribution in [-0.4, -0.2) is 56.8 Å². The molecule has 1 fully saturated rings. The highest BCUT2D eigenvalue weighted by atomic mass is 16.5. The molecule has 1 N–H and O–H groups in total. The summed E-state index contributed by atoms with van der Waals surface area (Å²) in [6.45, 7) is 4.78. The van der Waals surface area contributed by atoms with Gasteiger partial charge in [-0.15, -0.1) is 0 Å². The van der Waals surface area contributed by atoms with Gasteiger partial charge in [-0.3, -0.25) is 4.99 Å². The Morgan fingerprint density at radius 3 is 2.54 bits per heavy atom. The van der Waals surface area contributed by atoms with Crippen molar-refractivity contribution in [3.05, 3.63) is 48.0 Å². The number of aliphatic imine (C=N–C) groups is 1. The molecule has 7 heteroatoms. The third-order valence-corrected chi connectivity index (χ3v) is 4.43. The van der Waals surface area contributed by atoms with Crippen LogP contribution in [0.25, 0.3) is 0 Å². The van der Waals surface area contributed by atoms with E-state index in [0.717, 1.165) is 43.2 Å². The molecule has 0 spiro atoms. The number of benzene rings is 2. The van der Waals surface area contributed by atoms with Crippen molar-refractivity contribution >= 4 is 23.6 Å². The first kappa shape index (κ1) is 19.7. The van der Waals surface area contributed by atoms with Crippen molar-refractivity contribution in [1.29, 1.82) is 0 Å². The molecule has 3 rings (SSSR count). The summed E-state index contributed by atoms with van der Waals surface area (Å²) in [5.74, 6) is -0.197. The van der Waals surface area contributed by atoms with Crippen LogP contribution in [0.1, 0.15) is 12.5 Å². The minimum absolute atomic E-state index is 0.379. The second kappa shape index (κ2) is 9.23. The van der Waals surface area contributed by atoms with Crippen LogP contribution in [0.4, 0.5) is 11.4 Å². The van der Waals surface area contributed by atoms with E-state index in [9.17, 15) is 4.79 Å².